The lowest BCUT2D eigenvalue weighted by atomic mass is 10.0. The highest BCUT2D eigenvalue weighted by atomic mass is 19.2. The summed E-state index contributed by atoms with van der Waals surface area (Å²) in [6.07, 6.45) is 4.20. The van der Waals surface area contributed by atoms with Gasteiger partial charge >= 0.3 is 0 Å². The van der Waals surface area contributed by atoms with E-state index in [1.54, 1.807) is 17.3 Å². The Balaban J connectivity index is 1.66. The number of fused-ring (bicyclic) bond motifs is 1. The van der Waals surface area contributed by atoms with Gasteiger partial charge in [0.1, 0.15) is 0 Å². The first-order valence-electron chi connectivity index (χ1n) is 7.94. The van der Waals surface area contributed by atoms with Crippen LogP contribution in [-0.2, 0) is 6.42 Å². The van der Waals surface area contributed by atoms with Crippen LogP contribution in [0.15, 0.2) is 60.9 Å². The van der Waals surface area contributed by atoms with E-state index in [2.05, 4.69) is 11.1 Å². The zero-order valence-electron chi connectivity index (χ0n) is 13.2. The van der Waals surface area contributed by atoms with Gasteiger partial charge in [-0.2, -0.15) is 0 Å². The molecule has 0 aliphatic carbocycles. The topological polar surface area (TPSA) is 33.2 Å². The van der Waals surface area contributed by atoms with Crippen molar-refractivity contribution >= 4 is 11.6 Å². The predicted molar refractivity (Wildman–Crippen MR) is 91.4 cm³/mol. The number of benzene rings is 2. The minimum Gasteiger partial charge on any atom is -0.308 e. The van der Waals surface area contributed by atoms with Crippen LogP contribution in [0.1, 0.15) is 15.9 Å². The number of hydrogen-bond donors (Lipinski definition) is 0. The molecule has 3 nitrogen and oxygen atoms in total. The van der Waals surface area contributed by atoms with E-state index in [-0.39, 0.29) is 11.5 Å². The summed E-state index contributed by atoms with van der Waals surface area (Å²) in [6.45, 7) is 0.521. The van der Waals surface area contributed by atoms with Crippen LogP contribution in [0.4, 0.5) is 14.5 Å². The largest absolute Gasteiger partial charge is 0.308 e. The van der Waals surface area contributed by atoms with Crippen molar-refractivity contribution in [2.45, 2.75) is 6.42 Å². The van der Waals surface area contributed by atoms with Crippen LogP contribution in [0.25, 0.3) is 11.1 Å². The maximum absolute atomic E-state index is 13.4. The van der Waals surface area contributed by atoms with Crippen molar-refractivity contribution in [2.75, 3.05) is 11.4 Å². The Hall–Kier alpha value is -3.08. The first kappa shape index (κ1) is 15.4. The highest BCUT2D eigenvalue weighted by Crippen LogP contribution is 2.33. The summed E-state index contributed by atoms with van der Waals surface area (Å²) in [6, 6.07) is 13.0. The quantitative estimate of drug-likeness (QED) is 0.702. The Bertz CT molecular complexity index is 957. The molecule has 0 unspecified atom stereocenters. The standard InChI is InChI=1S/C20H14F2N2O/c21-17-3-1-16(12-18(17)22)20(25)24-10-7-15-11-14(2-4-19(15)24)13-5-8-23-9-6-13/h1-6,8-9,11-12H,7,10H2. The van der Waals surface area contributed by atoms with Gasteiger partial charge in [-0.15, -0.1) is 0 Å². The molecule has 0 saturated carbocycles. The molecule has 3 aromatic rings. The van der Waals surface area contributed by atoms with E-state index in [1.807, 2.05) is 24.3 Å². The van der Waals surface area contributed by atoms with Crippen molar-refractivity contribution in [1.29, 1.82) is 0 Å². The smallest absolute Gasteiger partial charge is 0.258 e. The van der Waals surface area contributed by atoms with Gasteiger partial charge in [-0.3, -0.25) is 9.78 Å². The molecule has 5 heteroatoms. The van der Waals surface area contributed by atoms with Crippen molar-refractivity contribution in [3.05, 3.63) is 83.7 Å². The van der Waals surface area contributed by atoms with Crippen molar-refractivity contribution in [2.24, 2.45) is 0 Å². The second-order valence-corrected chi connectivity index (χ2v) is 5.92. The van der Waals surface area contributed by atoms with E-state index in [1.165, 1.54) is 6.07 Å². The molecule has 0 saturated heterocycles. The van der Waals surface area contributed by atoms with Gasteiger partial charge in [0.15, 0.2) is 11.6 Å². The first-order chi connectivity index (χ1) is 12.1. The Morgan fingerprint density at radius 1 is 0.920 bits per heavy atom. The molecule has 2 heterocycles. The van der Waals surface area contributed by atoms with E-state index in [9.17, 15) is 13.6 Å². The lowest BCUT2D eigenvalue weighted by Crippen LogP contribution is -2.29. The number of pyridine rings is 1. The van der Waals surface area contributed by atoms with E-state index >= 15 is 0 Å². The van der Waals surface area contributed by atoms with Crippen LogP contribution < -0.4 is 4.90 Å². The summed E-state index contributed by atoms with van der Waals surface area (Å²) in [4.78, 5) is 18.3. The number of carbonyl (C=O) groups excluding carboxylic acids is 1. The van der Waals surface area contributed by atoms with Gasteiger partial charge in [0.25, 0.3) is 5.91 Å². The molecule has 124 valence electrons. The third kappa shape index (κ3) is 2.78. The van der Waals surface area contributed by atoms with E-state index in [0.717, 1.165) is 40.9 Å². The third-order valence-electron chi connectivity index (χ3n) is 4.40. The normalized spacial score (nSPS) is 13.0. The average molecular weight is 336 g/mol. The molecule has 1 aromatic heterocycles. The summed E-state index contributed by atoms with van der Waals surface area (Å²) in [7, 11) is 0. The van der Waals surface area contributed by atoms with Gasteiger partial charge in [0.2, 0.25) is 0 Å². The minimum absolute atomic E-state index is 0.143. The molecular formula is C20H14F2N2O. The zero-order chi connectivity index (χ0) is 17.4. The van der Waals surface area contributed by atoms with Gasteiger partial charge in [0, 0.05) is 30.2 Å². The van der Waals surface area contributed by atoms with Gasteiger partial charge in [-0.1, -0.05) is 6.07 Å². The number of aromatic nitrogens is 1. The van der Waals surface area contributed by atoms with Gasteiger partial charge in [0.05, 0.1) is 0 Å². The summed E-state index contributed by atoms with van der Waals surface area (Å²) in [5.41, 5.74) is 4.13. The molecule has 0 atom stereocenters. The number of carbonyl (C=O) groups is 1. The highest BCUT2D eigenvalue weighted by molar-refractivity contribution is 6.07. The summed E-state index contributed by atoms with van der Waals surface area (Å²) >= 11 is 0. The van der Waals surface area contributed by atoms with Crippen LogP contribution in [0, 0.1) is 11.6 Å². The maximum atomic E-state index is 13.4. The summed E-state index contributed by atoms with van der Waals surface area (Å²) in [5, 5.41) is 0. The third-order valence-corrected chi connectivity index (χ3v) is 4.40. The maximum Gasteiger partial charge on any atom is 0.258 e. The van der Waals surface area contributed by atoms with Gasteiger partial charge in [-0.25, -0.2) is 8.78 Å². The van der Waals surface area contributed by atoms with Crippen LogP contribution in [0.2, 0.25) is 0 Å². The SMILES string of the molecule is O=C(c1ccc(F)c(F)c1)N1CCc2cc(-c3ccncc3)ccc21. The monoisotopic (exact) mass is 336 g/mol. The molecule has 25 heavy (non-hydrogen) atoms. The van der Waals surface area contributed by atoms with E-state index in [4.69, 9.17) is 0 Å². The fourth-order valence-electron chi connectivity index (χ4n) is 3.12. The van der Waals surface area contributed by atoms with Gasteiger partial charge in [-0.05, 0) is 65.6 Å². The molecule has 0 fully saturated rings. The lowest BCUT2D eigenvalue weighted by molar-refractivity contribution is 0.0989. The fourth-order valence-corrected chi connectivity index (χ4v) is 3.12. The molecule has 0 radical (unpaired) electrons. The van der Waals surface area contributed by atoms with Crippen molar-refractivity contribution < 1.29 is 13.6 Å². The second kappa shape index (κ2) is 6.09. The lowest BCUT2D eigenvalue weighted by Gasteiger charge is -2.18. The number of nitrogens with zero attached hydrogens (tertiary/aromatic N) is 2. The Kier molecular flexibility index (Phi) is 3.76. The molecule has 1 amide bonds. The van der Waals surface area contributed by atoms with E-state index < -0.39 is 11.6 Å². The average Bonchev–Trinajstić information content (AvgIpc) is 3.07. The van der Waals surface area contributed by atoms with Gasteiger partial charge < -0.3 is 4.90 Å². The number of amides is 1. The Morgan fingerprint density at radius 3 is 2.48 bits per heavy atom. The first-order valence-corrected chi connectivity index (χ1v) is 7.94. The van der Waals surface area contributed by atoms with Crippen molar-refractivity contribution in [1.82, 2.24) is 4.98 Å². The Labute approximate surface area is 143 Å². The summed E-state index contributed by atoms with van der Waals surface area (Å²) in [5.74, 6) is -2.30. The van der Waals surface area contributed by atoms with Crippen LogP contribution in [-0.4, -0.2) is 17.4 Å². The van der Waals surface area contributed by atoms with Crippen LogP contribution in [0.5, 0.6) is 0 Å². The van der Waals surface area contributed by atoms with E-state index in [0.29, 0.717) is 6.54 Å². The molecule has 0 spiro atoms. The van der Waals surface area contributed by atoms with Crippen molar-refractivity contribution in [3.63, 3.8) is 0 Å². The molecule has 0 bridgehead atoms. The molecular weight excluding hydrogens is 322 g/mol. The Morgan fingerprint density at radius 2 is 1.72 bits per heavy atom. The predicted octanol–water partition coefficient (Wildman–Crippen LogP) is 4.23. The number of hydrogen-bond acceptors (Lipinski definition) is 2. The second-order valence-electron chi connectivity index (χ2n) is 5.92. The molecule has 4 rings (SSSR count). The van der Waals surface area contributed by atoms with Crippen LogP contribution in [0.3, 0.4) is 0 Å². The summed E-state index contributed by atoms with van der Waals surface area (Å²) < 4.78 is 26.5. The molecule has 2 aromatic carbocycles. The minimum atomic E-state index is -1.02. The number of anilines is 1. The zero-order valence-corrected chi connectivity index (χ0v) is 13.2. The highest BCUT2D eigenvalue weighted by Gasteiger charge is 2.26. The molecule has 1 aliphatic heterocycles. The van der Waals surface area contributed by atoms with Crippen LogP contribution >= 0.6 is 0 Å². The fraction of sp³-hybridized carbons (Fsp3) is 0.100. The number of rotatable bonds is 2. The molecule has 1 aliphatic rings. The molecule has 0 N–H and O–H groups in total. The number of halogens is 2. The van der Waals surface area contributed by atoms with Crippen molar-refractivity contribution in [3.8, 4) is 11.1 Å².